The van der Waals surface area contributed by atoms with E-state index < -0.39 is 0 Å². The average molecular weight is 317 g/mol. The van der Waals surface area contributed by atoms with Crippen LogP contribution in [0.3, 0.4) is 0 Å². The summed E-state index contributed by atoms with van der Waals surface area (Å²) in [5.41, 5.74) is 3.04. The Bertz CT molecular complexity index is 555. The van der Waals surface area contributed by atoms with Crippen LogP contribution in [0.1, 0.15) is 31.7 Å². The van der Waals surface area contributed by atoms with Crippen LogP contribution >= 0.6 is 0 Å². The minimum absolute atomic E-state index is 0.0347. The standard InChI is InChI=1S/C18H27N3O2/c1-12-6-7-14(10-17(12)20-13(2)22)21-16-5-3-4-15(16)18-11-23-9-8-19-18/h6-7,10,15-16,18-19,21H,3-5,8-9,11H2,1-2H3,(H,20,22). The molecule has 0 bridgehead atoms. The molecule has 1 saturated carbocycles. The Hall–Kier alpha value is -1.59. The normalized spacial score (nSPS) is 27.7. The minimum Gasteiger partial charge on any atom is -0.382 e. The zero-order valence-electron chi connectivity index (χ0n) is 14.0. The van der Waals surface area contributed by atoms with Crippen LogP contribution < -0.4 is 16.0 Å². The Kier molecular flexibility index (Phi) is 5.18. The van der Waals surface area contributed by atoms with Gasteiger partial charge in [-0.15, -0.1) is 0 Å². The molecule has 3 unspecified atom stereocenters. The Morgan fingerprint density at radius 2 is 2.22 bits per heavy atom. The number of amides is 1. The van der Waals surface area contributed by atoms with Gasteiger partial charge in [-0.05, 0) is 43.4 Å². The van der Waals surface area contributed by atoms with Crippen molar-refractivity contribution < 1.29 is 9.53 Å². The van der Waals surface area contributed by atoms with Crippen molar-refractivity contribution in [2.75, 3.05) is 30.4 Å². The Morgan fingerprint density at radius 3 is 2.96 bits per heavy atom. The first kappa shape index (κ1) is 16.3. The second-order valence-electron chi connectivity index (χ2n) is 6.69. The summed E-state index contributed by atoms with van der Waals surface area (Å²) in [5, 5.41) is 10.2. The predicted octanol–water partition coefficient (Wildman–Crippen LogP) is 2.52. The van der Waals surface area contributed by atoms with Gasteiger partial charge in [0.25, 0.3) is 0 Å². The summed E-state index contributed by atoms with van der Waals surface area (Å²) in [6.07, 6.45) is 3.68. The van der Waals surface area contributed by atoms with Crippen LogP contribution in [-0.4, -0.2) is 37.7 Å². The number of morpholine rings is 1. The van der Waals surface area contributed by atoms with Gasteiger partial charge in [-0.25, -0.2) is 0 Å². The number of hydrogen-bond acceptors (Lipinski definition) is 4. The van der Waals surface area contributed by atoms with E-state index in [0.29, 0.717) is 18.0 Å². The third-order valence-corrected chi connectivity index (χ3v) is 4.94. The van der Waals surface area contributed by atoms with Crippen molar-refractivity contribution in [1.29, 1.82) is 0 Å². The molecule has 1 aromatic rings. The van der Waals surface area contributed by atoms with E-state index in [1.807, 2.05) is 13.0 Å². The number of carbonyl (C=O) groups is 1. The molecule has 1 heterocycles. The van der Waals surface area contributed by atoms with E-state index in [9.17, 15) is 4.79 Å². The van der Waals surface area contributed by atoms with Crippen LogP contribution in [0.4, 0.5) is 11.4 Å². The Labute approximate surface area is 138 Å². The van der Waals surface area contributed by atoms with Crippen LogP contribution in [-0.2, 0) is 9.53 Å². The van der Waals surface area contributed by atoms with Crippen LogP contribution in [0.25, 0.3) is 0 Å². The molecule has 1 aliphatic heterocycles. The molecule has 3 rings (SSSR count). The van der Waals surface area contributed by atoms with E-state index in [0.717, 1.165) is 36.7 Å². The number of aryl methyl sites for hydroxylation is 1. The lowest BCUT2D eigenvalue weighted by Crippen LogP contribution is -2.49. The first-order chi connectivity index (χ1) is 11.1. The van der Waals surface area contributed by atoms with Gasteiger partial charge in [-0.1, -0.05) is 12.5 Å². The third kappa shape index (κ3) is 4.03. The van der Waals surface area contributed by atoms with Crippen molar-refractivity contribution in [3.05, 3.63) is 23.8 Å². The van der Waals surface area contributed by atoms with E-state index in [1.54, 1.807) is 6.92 Å². The number of ether oxygens (including phenoxy) is 1. The lowest BCUT2D eigenvalue weighted by Gasteiger charge is -2.33. The molecular weight excluding hydrogens is 290 g/mol. The van der Waals surface area contributed by atoms with Crippen molar-refractivity contribution in [1.82, 2.24) is 5.32 Å². The SMILES string of the molecule is CC(=O)Nc1cc(NC2CCCC2C2COCCN2)ccc1C. The molecule has 2 fully saturated rings. The maximum Gasteiger partial charge on any atom is 0.221 e. The largest absolute Gasteiger partial charge is 0.382 e. The van der Waals surface area contributed by atoms with Crippen molar-refractivity contribution in [3.63, 3.8) is 0 Å². The molecular formula is C18H27N3O2. The maximum atomic E-state index is 11.3. The van der Waals surface area contributed by atoms with Crippen LogP contribution in [0.2, 0.25) is 0 Å². The summed E-state index contributed by atoms with van der Waals surface area (Å²) in [6, 6.07) is 7.10. The van der Waals surface area contributed by atoms with Crippen molar-refractivity contribution in [2.45, 2.75) is 45.2 Å². The minimum atomic E-state index is -0.0347. The highest BCUT2D eigenvalue weighted by molar-refractivity contribution is 5.90. The third-order valence-electron chi connectivity index (χ3n) is 4.94. The molecule has 1 saturated heterocycles. The first-order valence-corrected chi connectivity index (χ1v) is 8.59. The van der Waals surface area contributed by atoms with Gasteiger partial charge in [0.05, 0.1) is 13.2 Å². The number of carbonyl (C=O) groups excluding carboxylic acids is 1. The number of rotatable bonds is 4. The van der Waals surface area contributed by atoms with Crippen LogP contribution in [0, 0.1) is 12.8 Å². The van der Waals surface area contributed by atoms with Crippen LogP contribution in [0.5, 0.6) is 0 Å². The topological polar surface area (TPSA) is 62.4 Å². The molecule has 126 valence electrons. The highest BCUT2D eigenvalue weighted by Crippen LogP contribution is 2.32. The van der Waals surface area contributed by atoms with Gasteiger partial charge < -0.3 is 20.7 Å². The van der Waals surface area contributed by atoms with Crippen molar-refractivity contribution >= 4 is 17.3 Å². The van der Waals surface area contributed by atoms with Gasteiger partial charge in [-0.2, -0.15) is 0 Å². The fourth-order valence-corrected chi connectivity index (χ4v) is 3.76. The highest BCUT2D eigenvalue weighted by atomic mass is 16.5. The zero-order valence-corrected chi connectivity index (χ0v) is 14.0. The molecule has 1 amide bonds. The summed E-state index contributed by atoms with van der Waals surface area (Å²) in [4.78, 5) is 11.3. The first-order valence-electron chi connectivity index (χ1n) is 8.59. The summed E-state index contributed by atoms with van der Waals surface area (Å²) in [5.74, 6) is 0.563. The average Bonchev–Trinajstić information content (AvgIpc) is 2.99. The van der Waals surface area contributed by atoms with Gasteiger partial charge in [-0.3, -0.25) is 4.79 Å². The summed E-state index contributed by atoms with van der Waals surface area (Å²) < 4.78 is 5.63. The van der Waals surface area contributed by atoms with E-state index in [-0.39, 0.29) is 5.91 Å². The van der Waals surface area contributed by atoms with Crippen LogP contribution in [0.15, 0.2) is 18.2 Å². The molecule has 0 spiro atoms. The fourth-order valence-electron chi connectivity index (χ4n) is 3.76. The second-order valence-corrected chi connectivity index (χ2v) is 6.69. The highest BCUT2D eigenvalue weighted by Gasteiger charge is 2.34. The second kappa shape index (κ2) is 7.32. The molecule has 1 aliphatic carbocycles. The summed E-state index contributed by atoms with van der Waals surface area (Å²) >= 11 is 0. The van der Waals surface area contributed by atoms with E-state index >= 15 is 0 Å². The number of anilines is 2. The van der Waals surface area contributed by atoms with Gasteiger partial charge in [0.1, 0.15) is 0 Å². The summed E-state index contributed by atoms with van der Waals surface area (Å²) in [6.45, 7) is 6.14. The number of nitrogens with one attached hydrogen (secondary N) is 3. The number of hydrogen-bond donors (Lipinski definition) is 3. The molecule has 1 aromatic carbocycles. The lowest BCUT2D eigenvalue weighted by atomic mass is 9.93. The molecule has 23 heavy (non-hydrogen) atoms. The van der Waals surface area contributed by atoms with Gasteiger partial charge in [0, 0.05) is 36.9 Å². The Morgan fingerprint density at radius 1 is 1.35 bits per heavy atom. The quantitative estimate of drug-likeness (QED) is 0.798. The molecule has 3 atom stereocenters. The predicted molar refractivity (Wildman–Crippen MR) is 92.8 cm³/mol. The van der Waals surface area contributed by atoms with Crippen molar-refractivity contribution in [3.8, 4) is 0 Å². The monoisotopic (exact) mass is 317 g/mol. The summed E-state index contributed by atoms with van der Waals surface area (Å²) in [7, 11) is 0. The fraction of sp³-hybridized carbons (Fsp3) is 0.611. The van der Waals surface area contributed by atoms with Gasteiger partial charge >= 0.3 is 0 Å². The molecule has 0 aromatic heterocycles. The van der Waals surface area contributed by atoms with Gasteiger partial charge in [0.2, 0.25) is 5.91 Å². The number of benzene rings is 1. The smallest absolute Gasteiger partial charge is 0.221 e. The molecule has 5 heteroatoms. The molecule has 3 N–H and O–H groups in total. The lowest BCUT2D eigenvalue weighted by molar-refractivity contribution is -0.114. The van der Waals surface area contributed by atoms with Crippen molar-refractivity contribution in [2.24, 2.45) is 5.92 Å². The zero-order chi connectivity index (χ0) is 16.2. The maximum absolute atomic E-state index is 11.3. The van der Waals surface area contributed by atoms with E-state index in [2.05, 4.69) is 28.1 Å². The Balaban J connectivity index is 1.69. The molecule has 0 radical (unpaired) electrons. The molecule has 5 nitrogen and oxygen atoms in total. The van der Waals surface area contributed by atoms with E-state index in [4.69, 9.17) is 4.74 Å². The van der Waals surface area contributed by atoms with E-state index in [1.165, 1.54) is 19.3 Å². The van der Waals surface area contributed by atoms with Gasteiger partial charge in [0.15, 0.2) is 0 Å². The molecule has 2 aliphatic rings.